The lowest BCUT2D eigenvalue weighted by Gasteiger charge is -2.30. The number of ether oxygens (including phenoxy) is 1. The van der Waals surface area contributed by atoms with Crippen LogP contribution in [0.3, 0.4) is 0 Å². The molecule has 9 nitrogen and oxygen atoms in total. The molecule has 0 radical (unpaired) electrons. The number of benzene rings is 1. The van der Waals surface area contributed by atoms with E-state index in [-0.39, 0.29) is 29.6 Å². The molecular formula is C24H29F2N7O2. The summed E-state index contributed by atoms with van der Waals surface area (Å²) in [6.45, 7) is 3.48. The van der Waals surface area contributed by atoms with E-state index in [1.165, 1.54) is 12.1 Å². The van der Waals surface area contributed by atoms with Crippen LogP contribution < -0.4 is 16.4 Å². The molecule has 4 N–H and O–H groups in total. The van der Waals surface area contributed by atoms with Gasteiger partial charge >= 0.3 is 0 Å². The number of fused-ring (bicyclic) bond motifs is 1. The Kier molecular flexibility index (Phi) is 6.50. The van der Waals surface area contributed by atoms with E-state index < -0.39 is 11.6 Å². The third-order valence-corrected chi connectivity index (χ3v) is 7.03. The first-order valence-corrected chi connectivity index (χ1v) is 12.0. The van der Waals surface area contributed by atoms with Gasteiger partial charge in [-0.3, -0.25) is 9.36 Å². The van der Waals surface area contributed by atoms with E-state index in [0.29, 0.717) is 67.9 Å². The Hall–Kier alpha value is -3.34. The highest BCUT2D eigenvalue weighted by Gasteiger charge is 2.30. The monoisotopic (exact) mass is 485 g/mol. The summed E-state index contributed by atoms with van der Waals surface area (Å²) in [5.41, 5.74) is 6.79. The Morgan fingerprint density at radius 2 is 1.97 bits per heavy atom. The minimum atomic E-state index is -0.719. The van der Waals surface area contributed by atoms with E-state index in [1.54, 1.807) is 6.20 Å². The topological polar surface area (TPSA) is 120 Å². The van der Waals surface area contributed by atoms with Gasteiger partial charge in [0.2, 0.25) is 17.8 Å². The highest BCUT2D eigenvalue weighted by atomic mass is 19.1. The molecule has 11 heteroatoms. The standard InChI is InChI=1S/C24H29F2N7O2/c1-13-12-35-9-8-18(13)29-23-28-11-20-22(32-23)33(16-5-2-14(3-6-16)21(27)34)24(31-20)30-19-7-4-15(25)10-17(19)26/h4,7,10-11,13-14,16,18H,2-3,5-6,8-9,12H2,1H3,(H2,27,34)(H,30,31)(H,28,29,32)/t13-,14?,16?,18?/m0/s1. The Bertz CT molecular complexity index is 1230. The minimum absolute atomic E-state index is 0.0219. The van der Waals surface area contributed by atoms with Crippen molar-refractivity contribution in [2.24, 2.45) is 17.6 Å². The summed E-state index contributed by atoms with van der Waals surface area (Å²) >= 11 is 0. The molecule has 2 aromatic heterocycles. The van der Waals surface area contributed by atoms with Crippen LogP contribution in [0.1, 0.15) is 45.1 Å². The van der Waals surface area contributed by atoms with Crippen LogP contribution in [0.5, 0.6) is 0 Å². The number of hydrogen-bond acceptors (Lipinski definition) is 7. The SMILES string of the molecule is C[C@H]1COCCC1Nc1ncc2nc(Nc3ccc(F)cc3F)n(C3CCC(C(N)=O)CC3)c2n1. The number of carbonyl (C=O) groups is 1. The number of aromatic nitrogens is 4. The average molecular weight is 486 g/mol. The Morgan fingerprint density at radius 3 is 2.69 bits per heavy atom. The summed E-state index contributed by atoms with van der Waals surface area (Å²) in [4.78, 5) is 25.5. The van der Waals surface area contributed by atoms with E-state index in [9.17, 15) is 13.6 Å². The van der Waals surface area contributed by atoms with Gasteiger partial charge in [0.05, 0.1) is 18.5 Å². The number of hydrogen-bond donors (Lipinski definition) is 3. The molecule has 2 fully saturated rings. The Morgan fingerprint density at radius 1 is 1.17 bits per heavy atom. The molecule has 1 amide bonds. The van der Waals surface area contributed by atoms with Crippen molar-refractivity contribution in [3.8, 4) is 0 Å². The number of primary amides is 1. The molecule has 0 bridgehead atoms. The zero-order valence-corrected chi connectivity index (χ0v) is 19.5. The lowest BCUT2D eigenvalue weighted by Crippen LogP contribution is -2.36. The number of anilines is 3. The van der Waals surface area contributed by atoms with Crippen molar-refractivity contribution in [1.29, 1.82) is 0 Å². The first-order valence-electron chi connectivity index (χ1n) is 12.0. The number of halogens is 2. The number of rotatable bonds is 6. The maximum absolute atomic E-state index is 14.4. The van der Waals surface area contributed by atoms with Gasteiger partial charge in [0.25, 0.3) is 0 Å². The third-order valence-electron chi connectivity index (χ3n) is 7.03. The second kappa shape index (κ2) is 9.73. The molecule has 35 heavy (non-hydrogen) atoms. The molecular weight excluding hydrogens is 456 g/mol. The molecule has 0 spiro atoms. The van der Waals surface area contributed by atoms with Crippen molar-refractivity contribution in [1.82, 2.24) is 19.5 Å². The number of amides is 1. The number of carbonyl (C=O) groups excluding carboxylic acids is 1. The molecule has 3 aromatic rings. The molecule has 1 saturated carbocycles. The summed E-state index contributed by atoms with van der Waals surface area (Å²) in [7, 11) is 0. The van der Waals surface area contributed by atoms with Gasteiger partial charge in [0.15, 0.2) is 5.65 Å². The molecule has 5 rings (SSSR count). The minimum Gasteiger partial charge on any atom is -0.381 e. The normalized spacial score (nSPS) is 24.9. The molecule has 3 heterocycles. The lowest BCUT2D eigenvalue weighted by atomic mass is 9.85. The van der Waals surface area contributed by atoms with Crippen LogP contribution in [-0.4, -0.2) is 44.7 Å². The van der Waals surface area contributed by atoms with Crippen molar-refractivity contribution in [2.75, 3.05) is 23.8 Å². The summed E-state index contributed by atoms with van der Waals surface area (Å²) in [5.74, 6) is -0.630. The number of nitrogens with one attached hydrogen (secondary N) is 2. The summed E-state index contributed by atoms with van der Waals surface area (Å²) in [6.07, 6.45) is 5.20. The van der Waals surface area contributed by atoms with Crippen LogP contribution in [0, 0.1) is 23.5 Å². The fourth-order valence-electron chi connectivity index (χ4n) is 4.98. The zero-order valence-electron chi connectivity index (χ0n) is 19.5. The molecule has 2 atom stereocenters. The van der Waals surface area contributed by atoms with Gasteiger partial charge in [0.1, 0.15) is 17.2 Å². The molecule has 1 aliphatic heterocycles. The van der Waals surface area contributed by atoms with Crippen molar-refractivity contribution in [3.63, 3.8) is 0 Å². The second-order valence-electron chi connectivity index (χ2n) is 9.46. The fourth-order valence-corrected chi connectivity index (χ4v) is 4.98. The maximum atomic E-state index is 14.4. The molecule has 1 aromatic carbocycles. The van der Waals surface area contributed by atoms with Crippen LogP contribution in [0.2, 0.25) is 0 Å². The first kappa shape index (κ1) is 23.4. The predicted octanol–water partition coefficient (Wildman–Crippen LogP) is 3.90. The van der Waals surface area contributed by atoms with E-state index in [2.05, 4.69) is 27.5 Å². The van der Waals surface area contributed by atoms with Crippen LogP contribution in [0.15, 0.2) is 24.4 Å². The van der Waals surface area contributed by atoms with Gasteiger partial charge < -0.3 is 21.1 Å². The van der Waals surface area contributed by atoms with E-state index in [1.807, 2.05) is 4.57 Å². The van der Waals surface area contributed by atoms with Gasteiger partial charge in [-0.25, -0.2) is 18.7 Å². The summed E-state index contributed by atoms with van der Waals surface area (Å²) < 4.78 is 35.3. The van der Waals surface area contributed by atoms with Gasteiger partial charge in [-0.2, -0.15) is 4.98 Å². The van der Waals surface area contributed by atoms with Crippen LogP contribution in [0.4, 0.5) is 26.4 Å². The summed E-state index contributed by atoms with van der Waals surface area (Å²) in [6, 6.07) is 3.52. The molecule has 186 valence electrons. The lowest BCUT2D eigenvalue weighted by molar-refractivity contribution is -0.122. The number of nitrogens with zero attached hydrogens (tertiary/aromatic N) is 4. The smallest absolute Gasteiger partial charge is 0.224 e. The van der Waals surface area contributed by atoms with Gasteiger partial charge in [-0.05, 0) is 50.2 Å². The Labute approximate surface area is 201 Å². The fraction of sp³-hybridized carbons (Fsp3) is 0.500. The average Bonchev–Trinajstić information content (AvgIpc) is 3.19. The predicted molar refractivity (Wildman–Crippen MR) is 127 cm³/mol. The Balaban J connectivity index is 1.50. The van der Waals surface area contributed by atoms with Crippen molar-refractivity contribution >= 4 is 34.7 Å². The van der Waals surface area contributed by atoms with Crippen LogP contribution in [0.25, 0.3) is 11.2 Å². The molecule has 2 aliphatic rings. The molecule has 1 aliphatic carbocycles. The third kappa shape index (κ3) is 4.90. The van der Waals surface area contributed by atoms with E-state index in [4.69, 9.17) is 15.5 Å². The van der Waals surface area contributed by atoms with Gasteiger partial charge in [-0.15, -0.1) is 0 Å². The van der Waals surface area contributed by atoms with Crippen molar-refractivity contribution in [3.05, 3.63) is 36.0 Å². The molecule has 1 unspecified atom stereocenters. The summed E-state index contributed by atoms with van der Waals surface area (Å²) in [5, 5.41) is 6.43. The van der Waals surface area contributed by atoms with Crippen LogP contribution >= 0.6 is 0 Å². The van der Waals surface area contributed by atoms with E-state index in [0.717, 1.165) is 12.5 Å². The maximum Gasteiger partial charge on any atom is 0.224 e. The van der Waals surface area contributed by atoms with Gasteiger partial charge in [-0.1, -0.05) is 6.92 Å². The van der Waals surface area contributed by atoms with Crippen molar-refractivity contribution in [2.45, 2.75) is 51.1 Å². The number of imidazole rings is 1. The highest BCUT2D eigenvalue weighted by molar-refractivity contribution is 5.78. The van der Waals surface area contributed by atoms with Crippen molar-refractivity contribution < 1.29 is 18.3 Å². The first-order chi connectivity index (χ1) is 16.9. The highest BCUT2D eigenvalue weighted by Crippen LogP contribution is 2.37. The van der Waals surface area contributed by atoms with E-state index >= 15 is 0 Å². The van der Waals surface area contributed by atoms with Gasteiger partial charge in [0, 0.05) is 30.7 Å². The van der Waals surface area contributed by atoms with Crippen LogP contribution in [-0.2, 0) is 9.53 Å². The molecule has 1 saturated heterocycles. The quantitative estimate of drug-likeness (QED) is 0.484. The second-order valence-corrected chi connectivity index (χ2v) is 9.46. The zero-order chi connectivity index (χ0) is 24.5. The number of nitrogens with two attached hydrogens (primary N) is 1. The largest absolute Gasteiger partial charge is 0.381 e.